The Kier molecular flexibility index (Phi) is 4.34. The molecule has 4 rings (SSSR count). The van der Waals surface area contributed by atoms with Crippen molar-refractivity contribution in [2.75, 3.05) is 15.9 Å². The Morgan fingerprint density at radius 2 is 1.64 bits per heavy atom. The number of carbonyl (C=O) groups excluding carboxylic acids is 1. The topological polar surface area (TPSA) is 66.5 Å². The Morgan fingerprint density at radius 1 is 1.00 bits per heavy atom. The zero-order chi connectivity index (χ0) is 20.1. The van der Waals surface area contributed by atoms with Gasteiger partial charge in [0.15, 0.2) is 5.78 Å². The lowest BCUT2D eigenvalue weighted by Gasteiger charge is -2.36. The summed E-state index contributed by atoms with van der Waals surface area (Å²) in [7, 11) is -3.66. The minimum atomic E-state index is -3.66. The van der Waals surface area contributed by atoms with Crippen LogP contribution in [-0.4, -0.2) is 20.5 Å². The van der Waals surface area contributed by atoms with Crippen LogP contribution in [0.15, 0.2) is 65.9 Å². The average molecular weight is 397 g/mol. The van der Waals surface area contributed by atoms with Crippen LogP contribution in [0.5, 0.6) is 0 Å². The first-order valence-electron chi connectivity index (χ1n) is 9.34. The van der Waals surface area contributed by atoms with Gasteiger partial charge >= 0.3 is 0 Å². The van der Waals surface area contributed by atoms with E-state index in [2.05, 4.69) is 19.2 Å². The third-order valence-corrected chi connectivity index (χ3v) is 6.45. The van der Waals surface area contributed by atoms with Gasteiger partial charge in [-0.05, 0) is 29.5 Å². The van der Waals surface area contributed by atoms with E-state index < -0.39 is 16.1 Å². The Morgan fingerprint density at radius 3 is 2.32 bits per heavy atom. The molecule has 2 aliphatic rings. The monoisotopic (exact) mass is 396 g/mol. The lowest BCUT2D eigenvalue weighted by atomic mass is 9.73. The lowest BCUT2D eigenvalue weighted by molar-refractivity contribution is -0.118. The number of Topliss-reactive ketones (excluding diaryl/α,β-unsaturated/α-hetero) is 1. The number of rotatable bonds is 2. The summed E-state index contributed by atoms with van der Waals surface area (Å²) in [5.41, 5.74) is 3.22. The predicted octanol–water partition coefficient (Wildman–Crippen LogP) is 4.26. The van der Waals surface area contributed by atoms with Crippen LogP contribution >= 0.6 is 0 Å². The molecular formula is C22H24N2O3S. The zero-order valence-corrected chi connectivity index (χ0v) is 17.1. The molecule has 1 heterocycles. The summed E-state index contributed by atoms with van der Waals surface area (Å²) in [4.78, 5) is 13.3. The summed E-state index contributed by atoms with van der Waals surface area (Å²) < 4.78 is 27.3. The van der Waals surface area contributed by atoms with Crippen LogP contribution in [0, 0.1) is 5.41 Å². The quantitative estimate of drug-likeness (QED) is 0.824. The summed E-state index contributed by atoms with van der Waals surface area (Å²) in [5, 5.41) is 3.40. The van der Waals surface area contributed by atoms with Gasteiger partial charge in [-0.25, -0.2) is 8.42 Å². The number of fused-ring (bicyclic) bond motifs is 1. The van der Waals surface area contributed by atoms with Gasteiger partial charge in [-0.3, -0.25) is 9.10 Å². The summed E-state index contributed by atoms with van der Waals surface area (Å²) in [6.07, 6.45) is 2.27. The highest BCUT2D eigenvalue weighted by atomic mass is 32.2. The van der Waals surface area contributed by atoms with Crippen molar-refractivity contribution in [3.8, 4) is 0 Å². The van der Waals surface area contributed by atoms with E-state index >= 15 is 0 Å². The minimum absolute atomic E-state index is 0.00550. The maximum absolute atomic E-state index is 13.3. The summed E-state index contributed by atoms with van der Waals surface area (Å²) in [6.45, 7) is 4.14. The van der Waals surface area contributed by atoms with Crippen LogP contribution in [0.2, 0.25) is 0 Å². The molecule has 2 aromatic rings. The van der Waals surface area contributed by atoms with E-state index in [9.17, 15) is 13.2 Å². The van der Waals surface area contributed by atoms with Crippen molar-refractivity contribution in [3.63, 3.8) is 0 Å². The molecule has 0 saturated carbocycles. The zero-order valence-electron chi connectivity index (χ0n) is 16.3. The van der Waals surface area contributed by atoms with Crippen LogP contribution in [0.4, 0.5) is 11.4 Å². The first kappa shape index (κ1) is 18.7. The van der Waals surface area contributed by atoms with E-state index in [0.29, 0.717) is 29.8 Å². The normalized spacial score (nSPS) is 21.5. The molecule has 6 heteroatoms. The first-order valence-corrected chi connectivity index (χ1v) is 11.2. The highest BCUT2D eigenvalue weighted by Crippen LogP contribution is 2.48. The molecule has 1 unspecified atom stereocenters. The van der Waals surface area contributed by atoms with Gasteiger partial charge in [0.1, 0.15) is 6.04 Å². The molecule has 146 valence electrons. The van der Waals surface area contributed by atoms with Crippen molar-refractivity contribution in [3.05, 3.63) is 71.4 Å². The van der Waals surface area contributed by atoms with Crippen LogP contribution < -0.4 is 9.62 Å². The van der Waals surface area contributed by atoms with Crippen molar-refractivity contribution >= 4 is 27.2 Å². The highest BCUT2D eigenvalue weighted by Gasteiger charge is 2.43. The fraction of sp³-hybridized carbons (Fsp3) is 0.318. The van der Waals surface area contributed by atoms with Crippen molar-refractivity contribution in [1.29, 1.82) is 0 Å². The fourth-order valence-electron chi connectivity index (χ4n) is 4.26. The van der Waals surface area contributed by atoms with Crippen LogP contribution in [-0.2, 0) is 14.8 Å². The molecular weight excluding hydrogens is 372 g/mol. The molecule has 0 radical (unpaired) electrons. The summed E-state index contributed by atoms with van der Waals surface area (Å²) in [5.74, 6) is -0.00550. The highest BCUT2D eigenvalue weighted by molar-refractivity contribution is 7.92. The number of hydrogen-bond donors (Lipinski definition) is 1. The maximum Gasteiger partial charge on any atom is 0.233 e. The number of hydrogen-bond acceptors (Lipinski definition) is 4. The van der Waals surface area contributed by atoms with Gasteiger partial charge in [0.2, 0.25) is 10.0 Å². The number of ketones is 1. The minimum Gasteiger partial charge on any atom is -0.357 e. The second kappa shape index (κ2) is 6.48. The number of para-hydroxylation sites is 2. The van der Waals surface area contributed by atoms with Crippen molar-refractivity contribution < 1.29 is 13.2 Å². The Labute approximate surface area is 166 Å². The largest absolute Gasteiger partial charge is 0.357 e. The Hall–Kier alpha value is -2.60. The number of benzene rings is 2. The number of sulfonamides is 1. The van der Waals surface area contributed by atoms with Gasteiger partial charge < -0.3 is 5.32 Å². The molecule has 1 N–H and O–H groups in total. The molecule has 1 atom stereocenters. The Balaban J connectivity index is 2.05. The second-order valence-electron chi connectivity index (χ2n) is 8.35. The maximum atomic E-state index is 13.3. The molecule has 0 amide bonds. The summed E-state index contributed by atoms with van der Waals surface area (Å²) in [6, 6.07) is 16.0. The van der Waals surface area contributed by atoms with E-state index in [4.69, 9.17) is 0 Å². The number of anilines is 2. The van der Waals surface area contributed by atoms with E-state index in [-0.39, 0.29) is 11.2 Å². The molecule has 2 aromatic carbocycles. The molecule has 0 aromatic heterocycles. The van der Waals surface area contributed by atoms with Crippen LogP contribution in [0.3, 0.4) is 0 Å². The molecule has 0 saturated heterocycles. The van der Waals surface area contributed by atoms with E-state index in [1.54, 1.807) is 6.07 Å². The lowest BCUT2D eigenvalue weighted by Crippen LogP contribution is -2.39. The third kappa shape index (κ3) is 3.22. The molecule has 1 aliphatic heterocycles. The number of nitrogens with one attached hydrogen (secondary N) is 1. The molecule has 5 nitrogen and oxygen atoms in total. The van der Waals surface area contributed by atoms with Gasteiger partial charge in [0, 0.05) is 17.7 Å². The van der Waals surface area contributed by atoms with E-state index in [0.717, 1.165) is 11.3 Å². The van der Waals surface area contributed by atoms with Crippen molar-refractivity contribution in [1.82, 2.24) is 0 Å². The van der Waals surface area contributed by atoms with Gasteiger partial charge in [0.25, 0.3) is 0 Å². The smallest absolute Gasteiger partial charge is 0.233 e. The SMILES string of the molecule is CC1(C)CC(=O)C2=C(C1)Nc1ccccc1N(S(C)(=O)=O)C2c1ccccc1. The van der Waals surface area contributed by atoms with Gasteiger partial charge in [-0.15, -0.1) is 0 Å². The number of carbonyl (C=O) groups is 1. The Bertz CT molecular complexity index is 1070. The molecule has 0 bridgehead atoms. The molecule has 28 heavy (non-hydrogen) atoms. The molecule has 0 spiro atoms. The van der Waals surface area contributed by atoms with E-state index in [1.807, 2.05) is 48.5 Å². The van der Waals surface area contributed by atoms with Crippen molar-refractivity contribution in [2.45, 2.75) is 32.7 Å². The average Bonchev–Trinajstić information content (AvgIpc) is 2.75. The van der Waals surface area contributed by atoms with Crippen LogP contribution in [0.25, 0.3) is 0 Å². The summed E-state index contributed by atoms with van der Waals surface area (Å²) >= 11 is 0. The number of allylic oxidation sites excluding steroid dienone is 1. The van der Waals surface area contributed by atoms with Crippen LogP contribution in [0.1, 0.15) is 38.3 Å². The predicted molar refractivity (Wildman–Crippen MR) is 112 cm³/mol. The number of nitrogens with zero attached hydrogens (tertiary/aromatic N) is 1. The standard InChI is InChI=1S/C22H24N2O3S/c1-22(2)13-17-20(19(25)14-22)21(15-9-5-4-6-10-15)24(28(3,26)27)18-12-8-7-11-16(18)23-17/h4-12,21,23H,13-14H2,1-3H3. The van der Waals surface area contributed by atoms with Gasteiger partial charge in [-0.2, -0.15) is 0 Å². The fourth-order valence-corrected chi connectivity index (χ4v) is 5.39. The van der Waals surface area contributed by atoms with Gasteiger partial charge in [-0.1, -0.05) is 56.3 Å². The van der Waals surface area contributed by atoms with Gasteiger partial charge in [0.05, 0.1) is 17.6 Å². The second-order valence-corrected chi connectivity index (χ2v) is 10.2. The molecule has 1 aliphatic carbocycles. The first-order chi connectivity index (χ1) is 13.2. The third-order valence-electron chi connectivity index (χ3n) is 5.33. The molecule has 0 fully saturated rings. The van der Waals surface area contributed by atoms with E-state index in [1.165, 1.54) is 10.6 Å². The van der Waals surface area contributed by atoms with Crippen molar-refractivity contribution in [2.24, 2.45) is 5.41 Å².